The third-order valence-electron chi connectivity index (χ3n) is 9.10. The van der Waals surface area contributed by atoms with Gasteiger partial charge in [0.05, 0.1) is 6.54 Å². The van der Waals surface area contributed by atoms with Gasteiger partial charge in [0, 0.05) is 29.2 Å². The summed E-state index contributed by atoms with van der Waals surface area (Å²) in [5.41, 5.74) is 9.33. The van der Waals surface area contributed by atoms with Crippen LogP contribution in [-0.2, 0) is 6.42 Å². The molecule has 0 N–H and O–H groups in total. The summed E-state index contributed by atoms with van der Waals surface area (Å²) in [7, 11) is 0. The molecule has 2 saturated carbocycles. The molecule has 2 aliphatic carbocycles. The van der Waals surface area contributed by atoms with Gasteiger partial charge in [-0.15, -0.1) is 0 Å². The number of allylic oxidation sites excluding steroid dienone is 1. The maximum absolute atomic E-state index is 4.72. The van der Waals surface area contributed by atoms with Crippen molar-refractivity contribution in [3.8, 4) is 0 Å². The molecule has 196 valence electrons. The van der Waals surface area contributed by atoms with Crippen LogP contribution >= 0.6 is 0 Å². The van der Waals surface area contributed by atoms with E-state index in [0.29, 0.717) is 17.8 Å². The zero-order valence-electron chi connectivity index (χ0n) is 23.3. The summed E-state index contributed by atoms with van der Waals surface area (Å²) in [4.78, 5) is 11.9. The summed E-state index contributed by atoms with van der Waals surface area (Å²) in [5.74, 6) is 2.91. The van der Waals surface area contributed by atoms with Gasteiger partial charge in [-0.3, -0.25) is 4.99 Å². The van der Waals surface area contributed by atoms with Crippen molar-refractivity contribution in [3.05, 3.63) is 77.0 Å². The average molecular weight is 496 g/mol. The molecule has 3 aliphatic rings. The molecule has 2 fully saturated rings. The third kappa shape index (κ3) is 6.08. The van der Waals surface area contributed by atoms with Crippen molar-refractivity contribution in [2.75, 3.05) is 18.0 Å². The molecule has 0 unspecified atom stereocenters. The van der Waals surface area contributed by atoms with Gasteiger partial charge < -0.3 is 4.90 Å². The minimum Gasteiger partial charge on any atom is -0.345 e. The van der Waals surface area contributed by atoms with Crippen LogP contribution in [0.2, 0.25) is 0 Å². The van der Waals surface area contributed by atoms with E-state index in [1.165, 1.54) is 80.3 Å². The van der Waals surface area contributed by atoms with Crippen LogP contribution in [0.5, 0.6) is 0 Å². The first-order valence-electron chi connectivity index (χ1n) is 14.8. The summed E-state index contributed by atoms with van der Waals surface area (Å²) in [6, 6.07) is 16.1. The molecule has 5 rings (SSSR count). The van der Waals surface area contributed by atoms with Gasteiger partial charge in [-0.25, -0.2) is 4.99 Å². The molecule has 1 heterocycles. The van der Waals surface area contributed by atoms with Gasteiger partial charge in [0.15, 0.2) is 5.84 Å². The van der Waals surface area contributed by atoms with Crippen molar-refractivity contribution >= 4 is 17.2 Å². The van der Waals surface area contributed by atoms with E-state index in [4.69, 9.17) is 6.58 Å². The van der Waals surface area contributed by atoms with E-state index in [1.54, 1.807) is 5.56 Å². The highest BCUT2D eigenvalue weighted by Gasteiger charge is 2.28. The lowest BCUT2D eigenvalue weighted by molar-refractivity contribution is 0.323. The number of benzene rings is 2. The fraction of sp³-hybridized carbons (Fsp3) is 0.529. The van der Waals surface area contributed by atoms with Gasteiger partial charge in [-0.2, -0.15) is 0 Å². The first kappa shape index (κ1) is 25.9. The van der Waals surface area contributed by atoms with Gasteiger partial charge in [-0.1, -0.05) is 63.1 Å². The number of nitrogens with zero attached hydrogens (tertiary/aromatic N) is 3. The quantitative estimate of drug-likeness (QED) is 0.360. The molecule has 0 saturated heterocycles. The number of hydrogen-bond donors (Lipinski definition) is 0. The monoisotopic (exact) mass is 495 g/mol. The van der Waals surface area contributed by atoms with Crippen molar-refractivity contribution in [1.29, 1.82) is 0 Å². The molecule has 3 nitrogen and oxygen atoms in total. The zero-order chi connectivity index (χ0) is 25.8. The van der Waals surface area contributed by atoms with Gasteiger partial charge in [0.2, 0.25) is 0 Å². The number of anilines is 1. The zero-order valence-corrected chi connectivity index (χ0v) is 23.3. The van der Waals surface area contributed by atoms with E-state index in [9.17, 15) is 0 Å². The van der Waals surface area contributed by atoms with Crippen LogP contribution in [0.25, 0.3) is 0 Å². The summed E-state index contributed by atoms with van der Waals surface area (Å²) in [6.07, 6.45) is 12.9. The summed E-state index contributed by atoms with van der Waals surface area (Å²) in [6.45, 7) is 13.1. The van der Waals surface area contributed by atoms with Gasteiger partial charge >= 0.3 is 0 Å². The second-order valence-electron chi connectivity index (χ2n) is 11.7. The van der Waals surface area contributed by atoms with Crippen molar-refractivity contribution in [2.24, 2.45) is 21.8 Å². The fourth-order valence-corrected chi connectivity index (χ4v) is 6.76. The Morgan fingerprint density at radius 2 is 1.73 bits per heavy atom. The highest BCUT2D eigenvalue weighted by atomic mass is 15.1. The number of aryl methyl sites for hydroxylation is 2. The van der Waals surface area contributed by atoms with Crippen molar-refractivity contribution in [3.63, 3.8) is 0 Å². The predicted molar refractivity (Wildman–Crippen MR) is 159 cm³/mol. The topological polar surface area (TPSA) is 28.0 Å². The second-order valence-corrected chi connectivity index (χ2v) is 11.7. The van der Waals surface area contributed by atoms with Crippen LogP contribution in [0.15, 0.2) is 64.7 Å². The lowest BCUT2D eigenvalue weighted by atomic mass is 9.77. The highest BCUT2D eigenvalue weighted by molar-refractivity contribution is 6.11. The Hall–Kier alpha value is -2.68. The van der Waals surface area contributed by atoms with Crippen LogP contribution in [-0.4, -0.2) is 24.6 Å². The lowest BCUT2D eigenvalue weighted by Crippen LogP contribution is -2.34. The third-order valence-corrected chi connectivity index (χ3v) is 9.10. The first-order valence-corrected chi connectivity index (χ1v) is 14.8. The van der Waals surface area contributed by atoms with E-state index in [-0.39, 0.29) is 0 Å². The van der Waals surface area contributed by atoms with E-state index in [2.05, 4.69) is 78.1 Å². The van der Waals surface area contributed by atoms with Gasteiger partial charge in [0.1, 0.15) is 0 Å². The smallest absolute Gasteiger partial charge is 0.154 e. The van der Waals surface area contributed by atoms with Crippen LogP contribution in [0, 0.1) is 18.8 Å². The molecular weight excluding hydrogens is 450 g/mol. The molecule has 1 aliphatic heterocycles. The maximum atomic E-state index is 4.72. The molecule has 2 aromatic carbocycles. The Balaban J connectivity index is 1.32. The fourth-order valence-electron chi connectivity index (χ4n) is 6.76. The summed E-state index contributed by atoms with van der Waals surface area (Å²) < 4.78 is 0. The molecule has 0 radical (unpaired) electrons. The van der Waals surface area contributed by atoms with E-state index in [0.717, 1.165) is 36.6 Å². The number of aliphatic imine (C=N–C) groups is 2. The Bertz CT molecular complexity index is 1160. The molecule has 3 heteroatoms. The van der Waals surface area contributed by atoms with Crippen LogP contribution in [0.3, 0.4) is 0 Å². The molecule has 0 atom stereocenters. The Labute approximate surface area is 224 Å². The Kier molecular flexibility index (Phi) is 8.27. The van der Waals surface area contributed by atoms with Crippen LogP contribution in [0.4, 0.5) is 5.69 Å². The van der Waals surface area contributed by atoms with Gasteiger partial charge in [-0.05, 0) is 105 Å². The Morgan fingerprint density at radius 3 is 2.41 bits per heavy atom. The summed E-state index contributed by atoms with van der Waals surface area (Å²) >= 11 is 0. The average Bonchev–Trinajstić information content (AvgIpc) is 3.38. The molecule has 37 heavy (non-hydrogen) atoms. The normalized spacial score (nSPS) is 22.5. The number of hydrogen-bond acceptors (Lipinski definition) is 3. The van der Waals surface area contributed by atoms with E-state index in [1.807, 2.05) is 0 Å². The standard InChI is InChI=1S/C34H45N3/c1-5-28-18-19-31(20-24(28)2)30-16-14-27(15-17-30)23-37(26(4)29-10-7-6-8-11-29)33-13-9-12-32(21-33)34-35-22-25(3)36-34/h9,12-13,18-21,27,29-30H,4-8,10-11,14-17,22-23H2,1-3H3. The van der Waals surface area contributed by atoms with Crippen LogP contribution in [0.1, 0.15) is 99.8 Å². The van der Waals surface area contributed by atoms with E-state index < -0.39 is 0 Å². The first-order chi connectivity index (χ1) is 18.0. The van der Waals surface area contributed by atoms with Crippen molar-refractivity contribution in [1.82, 2.24) is 0 Å². The second kappa shape index (κ2) is 11.8. The van der Waals surface area contributed by atoms with Crippen LogP contribution < -0.4 is 4.90 Å². The minimum atomic E-state index is 0.609. The maximum Gasteiger partial charge on any atom is 0.154 e. The molecular formula is C34H45N3. The summed E-state index contributed by atoms with van der Waals surface area (Å²) in [5, 5.41) is 0. The van der Waals surface area contributed by atoms with E-state index >= 15 is 0 Å². The van der Waals surface area contributed by atoms with Crippen molar-refractivity contribution < 1.29 is 0 Å². The number of amidine groups is 1. The van der Waals surface area contributed by atoms with Gasteiger partial charge in [0.25, 0.3) is 0 Å². The predicted octanol–water partition coefficient (Wildman–Crippen LogP) is 8.65. The molecule has 0 spiro atoms. The minimum absolute atomic E-state index is 0.609. The molecule has 2 aromatic rings. The SMILES string of the molecule is C=C(C1CCCCC1)N(CC1CCC(c2ccc(CC)c(C)c2)CC1)c1cccc(C2=NCC(C)=N2)c1. The molecule has 0 bridgehead atoms. The molecule has 0 amide bonds. The molecule has 0 aromatic heterocycles. The Morgan fingerprint density at radius 1 is 0.946 bits per heavy atom. The van der Waals surface area contributed by atoms with Crippen molar-refractivity contribution in [2.45, 2.75) is 90.9 Å². The lowest BCUT2D eigenvalue weighted by Gasteiger charge is -2.38. The number of rotatable bonds is 8. The highest BCUT2D eigenvalue weighted by Crippen LogP contribution is 2.39. The largest absolute Gasteiger partial charge is 0.345 e.